The number of ether oxygens (including phenoxy) is 1. The van der Waals surface area contributed by atoms with Gasteiger partial charge in [-0.1, -0.05) is 12.1 Å². The highest BCUT2D eigenvalue weighted by Crippen LogP contribution is 2.30. The van der Waals surface area contributed by atoms with Crippen molar-refractivity contribution in [2.75, 3.05) is 25.1 Å². The Hall–Kier alpha value is -2.73. The smallest absolute Gasteiger partial charge is 0.251 e. The van der Waals surface area contributed by atoms with Gasteiger partial charge in [-0.3, -0.25) is 14.5 Å². The van der Waals surface area contributed by atoms with Crippen molar-refractivity contribution in [2.45, 2.75) is 38.1 Å². The molecule has 0 N–H and O–H groups in total. The highest BCUT2D eigenvalue weighted by molar-refractivity contribution is 6.22. The molecule has 30 heavy (non-hydrogen) atoms. The number of aryl methyl sites for hydroxylation is 1. The number of rotatable bonds is 6. The molecular formula is C24H27FN2O3. The molecule has 2 saturated heterocycles. The Morgan fingerprint density at radius 1 is 1.07 bits per heavy atom. The maximum Gasteiger partial charge on any atom is 0.251 e. The zero-order valence-corrected chi connectivity index (χ0v) is 17.2. The number of likely N-dealkylation sites (tertiary alicyclic amines) is 1. The second kappa shape index (κ2) is 8.96. The third kappa shape index (κ3) is 4.38. The van der Waals surface area contributed by atoms with Gasteiger partial charge in [-0.05, 0) is 86.7 Å². The molecule has 2 aromatic rings. The van der Waals surface area contributed by atoms with Gasteiger partial charge in [0, 0.05) is 0 Å². The van der Waals surface area contributed by atoms with Crippen molar-refractivity contribution in [2.24, 2.45) is 5.92 Å². The predicted octanol–water partition coefficient (Wildman–Crippen LogP) is 3.81. The Morgan fingerprint density at radius 2 is 1.80 bits per heavy atom. The van der Waals surface area contributed by atoms with Crippen LogP contribution in [0.1, 0.15) is 31.2 Å². The predicted molar refractivity (Wildman–Crippen MR) is 113 cm³/mol. The van der Waals surface area contributed by atoms with Gasteiger partial charge in [0.15, 0.2) is 0 Å². The SMILES string of the molecule is COc1ccc(N2C(=O)C[C@H](N3CCC(CCc4cccc(F)c4)CC3)C2=O)cc1. The van der Waals surface area contributed by atoms with E-state index >= 15 is 0 Å². The molecule has 2 aliphatic heterocycles. The quantitative estimate of drug-likeness (QED) is 0.680. The van der Waals surface area contributed by atoms with Crippen LogP contribution < -0.4 is 9.64 Å². The number of carbonyl (C=O) groups is 2. The standard InChI is InChI=1S/C24H27FN2O3/c1-30-21-9-7-20(8-10-21)27-23(28)16-22(24(27)29)26-13-11-17(12-14-26)5-6-18-3-2-4-19(25)15-18/h2-4,7-10,15,17,22H,5-6,11-14,16H2,1H3/t22-/m0/s1. The van der Waals surface area contributed by atoms with Gasteiger partial charge in [-0.2, -0.15) is 0 Å². The van der Waals surface area contributed by atoms with Crippen molar-refractivity contribution in [1.29, 1.82) is 0 Å². The molecule has 1 atom stereocenters. The van der Waals surface area contributed by atoms with Crippen LogP contribution in [0.25, 0.3) is 0 Å². The molecule has 158 valence electrons. The van der Waals surface area contributed by atoms with E-state index in [0.29, 0.717) is 17.4 Å². The minimum atomic E-state index is -0.372. The number of amides is 2. The van der Waals surface area contributed by atoms with E-state index in [1.165, 1.54) is 11.0 Å². The number of anilines is 1. The summed E-state index contributed by atoms with van der Waals surface area (Å²) >= 11 is 0. The van der Waals surface area contributed by atoms with Crippen molar-refractivity contribution < 1.29 is 18.7 Å². The van der Waals surface area contributed by atoms with Gasteiger partial charge in [-0.15, -0.1) is 0 Å². The average Bonchev–Trinajstić information content (AvgIpc) is 3.07. The molecule has 0 unspecified atom stereocenters. The maximum absolute atomic E-state index is 13.3. The number of halogens is 1. The van der Waals surface area contributed by atoms with E-state index in [-0.39, 0.29) is 30.1 Å². The van der Waals surface area contributed by atoms with Crippen LogP contribution >= 0.6 is 0 Å². The maximum atomic E-state index is 13.3. The van der Waals surface area contributed by atoms with E-state index in [2.05, 4.69) is 4.90 Å². The van der Waals surface area contributed by atoms with Crippen LogP contribution in [-0.2, 0) is 16.0 Å². The summed E-state index contributed by atoms with van der Waals surface area (Å²) in [5.74, 6) is 0.782. The first kappa shape index (κ1) is 20.5. The first-order valence-corrected chi connectivity index (χ1v) is 10.5. The lowest BCUT2D eigenvalue weighted by molar-refractivity contribution is -0.123. The van der Waals surface area contributed by atoms with Crippen molar-refractivity contribution in [3.05, 3.63) is 59.9 Å². The molecule has 0 radical (unpaired) electrons. The molecular weight excluding hydrogens is 383 g/mol. The number of hydrogen-bond donors (Lipinski definition) is 0. The Kier molecular flexibility index (Phi) is 6.13. The molecule has 2 fully saturated rings. The second-order valence-electron chi connectivity index (χ2n) is 8.13. The number of benzene rings is 2. The summed E-state index contributed by atoms with van der Waals surface area (Å²) in [6.45, 7) is 1.63. The Labute approximate surface area is 176 Å². The Bertz CT molecular complexity index is 907. The summed E-state index contributed by atoms with van der Waals surface area (Å²) < 4.78 is 18.5. The lowest BCUT2D eigenvalue weighted by Gasteiger charge is -2.34. The zero-order valence-electron chi connectivity index (χ0n) is 17.2. The molecule has 0 aromatic heterocycles. The van der Waals surface area contributed by atoms with Gasteiger partial charge >= 0.3 is 0 Å². The largest absolute Gasteiger partial charge is 0.497 e. The van der Waals surface area contributed by atoms with E-state index in [1.807, 2.05) is 6.07 Å². The van der Waals surface area contributed by atoms with E-state index in [9.17, 15) is 14.0 Å². The summed E-state index contributed by atoms with van der Waals surface area (Å²) in [6, 6.07) is 13.4. The van der Waals surface area contributed by atoms with E-state index in [0.717, 1.165) is 44.3 Å². The lowest BCUT2D eigenvalue weighted by Crippen LogP contribution is -2.46. The minimum Gasteiger partial charge on any atom is -0.497 e. The van der Waals surface area contributed by atoms with Gasteiger partial charge in [0.25, 0.3) is 5.91 Å². The first-order chi connectivity index (χ1) is 14.5. The number of methoxy groups -OCH3 is 1. The van der Waals surface area contributed by atoms with Crippen LogP contribution in [0.4, 0.5) is 10.1 Å². The van der Waals surface area contributed by atoms with Crippen LogP contribution in [-0.4, -0.2) is 43.0 Å². The summed E-state index contributed by atoms with van der Waals surface area (Å²) in [5.41, 5.74) is 1.63. The fourth-order valence-electron chi connectivity index (χ4n) is 4.52. The van der Waals surface area contributed by atoms with Gasteiger partial charge < -0.3 is 4.74 Å². The highest BCUT2D eigenvalue weighted by atomic mass is 19.1. The second-order valence-corrected chi connectivity index (χ2v) is 8.13. The Morgan fingerprint density at radius 3 is 2.47 bits per heavy atom. The normalized spacial score (nSPS) is 20.7. The van der Waals surface area contributed by atoms with Crippen LogP contribution in [0.5, 0.6) is 5.75 Å². The van der Waals surface area contributed by atoms with Crippen molar-refractivity contribution in [3.63, 3.8) is 0 Å². The van der Waals surface area contributed by atoms with E-state index in [4.69, 9.17) is 4.74 Å². The Balaban J connectivity index is 1.32. The van der Waals surface area contributed by atoms with Gasteiger partial charge in [0.1, 0.15) is 11.6 Å². The summed E-state index contributed by atoms with van der Waals surface area (Å²) in [4.78, 5) is 29.0. The summed E-state index contributed by atoms with van der Waals surface area (Å²) in [5, 5.41) is 0. The summed E-state index contributed by atoms with van der Waals surface area (Å²) in [6.07, 6.45) is 4.12. The van der Waals surface area contributed by atoms with Crippen molar-refractivity contribution in [3.8, 4) is 5.75 Å². The number of imide groups is 1. The first-order valence-electron chi connectivity index (χ1n) is 10.5. The van der Waals surface area contributed by atoms with Crippen molar-refractivity contribution in [1.82, 2.24) is 4.90 Å². The van der Waals surface area contributed by atoms with Crippen molar-refractivity contribution >= 4 is 17.5 Å². The summed E-state index contributed by atoms with van der Waals surface area (Å²) in [7, 11) is 1.58. The molecule has 6 heteroatoms. The van der Waals surface area contributed by atoms with Gasteiger partial charge in [-0.25, -0.2) is 9.29 Å². The average molecular weight is 410 g/mol. The number of hydrogen-bond acceptors (Lipinski definition) is 4. The van der Waals surface area contributed by atoms with Gasteiger partial charge in [0.05, 0.1) is 25.3 Å². The molecule has 2 amide bonds. The molecule has 0 aliphatic carbocycles. The molecule has 0 saturated carbocycles. The topological polar surface area (TPSA) is 49.9 Å². The molecule has 5 nitrogen and oxygen atoms in total. The molecule has 2 aliphatic rings. The minimum absolute atomic E-state index is 0.136. The monoisotopic (exact) mass is 410 g/mol. The van der Waals surface area contributed by atoms with Crippen LogP contribution in [0.3, 0.4) is 0 Å². The van der Waals surface area contributed by atoms with Crippen LogP contribution in [0, 0.1) is 11.7 Å². The number of nitrogens with zero attached hydrogens (tertiary/aromatic N) is 2. The zero-order chi connectivity index (χ0) is 21.1. The van der Waals surface area contributed by atoms with Gasteiger partial charge in [0.2, 0.25) is 5.91 Å². The third-order valence-corrected chi connectivity index (χ3v) is 6.27. The lowest BCUT2D eigenvalue weighted by atomic mass is 9.90. The number of piperidine rings is 1. The van der Waals surface area contributed by atoms with Crippen LogP contribution in [0.2, 0.25) is 0 Å². The fourth-order valence-corrected chi connectivity index (χ4v) is 4.52. The highest BCUT2D eigenvalue weighted by Gasteiger charge is 2.43. The van der Waals surface area contributed by atoms with Crippen LogP contribution in [0.15, 0.2) is 48.5 Å². The molecule has 0 bridgehead atoms. The molecule has 4 rings (SSSR count). The van der Waals surface area contributed by atoms with E-state index in [1.54, 1.807) is 43.5 Å². The van der Waals surface area contributed by atoms with E-state index < -0.39 is 0 Å². The molecule has 0 spiro atoms. The molecule has 2 heterocycles. The fraction of sp³-hybridized carbons (Fsp3) is 0.417. The third-order valence-electron chi connectivity index (χ3n) is 6.27. The number of carbonyl (C=O) groups excluding carboxylic acids is 2. The molecule has 2 aromatic carbocycles.